The first-order valence-electron chi connectivity index (χ1n) is 5.63. The van der Waals surface area contributed by atoms with Crippen LogP contribution in [0.5, 0.6) is 0 Å². The normalized spacial score (nSPS) is 10.4. The summed E-state index contributed by atoms with van der Waals surface area (Å²) in [6.07, 6.45) is 0.916. The maximum atomic E-state index is 4.42. The molecule has 17 heavy (non-hydrogen) atoms. The molecule has 0 radical (unpaired) electrons. The lowest BCUT2D eigenvalue weighted by Gasteiger charge is -2.04. The second-order valence-electron chi connectivity index (χ2n) is 3.47. The average molecular weight is 265 g/mol. The highest BCUT2D eigenvalue weighted by molar-refractivity contribution is 8.00. The second-order valence-corrected chi connectivity index (χ2v) is 5.57. The molecule has 1 aromatic heterocycles. The molecule has 5 heteroatoms. The fourth-order valence-corrected chi connectivity index (χ4v) is 2.95. The number of rotatable bonds is 6. The van der Waals surface area contributed by atoms with Gasteiger partial charge in [0.2, 0.25) is 0 Å². The van der Waals surface area contributed by atoms with E-state index in [0.717, 1.165) is 28.9 Å². The van der Waals surface area contributed by atoms with Crippen LogP contribution in [0.3, 0.4) is 0 Å². The summed E-state index contributed by atoms with van der Waals surface area (Å²) in [6.45, 7) is 3.02. The van der Waals surface area contributed by atoms with Crippen molar-refractivity contribution in [2.45, 2.75) is 17.7 Å². The number of aromatic nitrogens is 2. The molecule has 1 N–H and O–H groups in total. The molecule has 3 nitrogen and oxygen atoms in total. The molecule has 0 fully saturated rings. The number of anilines is 1. The molecule has 0 aliphatic rings. The van der Waals surface area contributed by atoms with Gasteiger partial charge in [-0.25, -0.2) is 4.98 Å². The molecular formula is C12H15N3S2. The van der Waals surface area contributed by atoms with Crippen molar-refractivity contribution in [1.29, 1.82) is 0 Å². The van der Waals surface area contributed by atoms with Crippen molar-refractivity contribution in [2.75, 3.05) is 17.6 Å². The van der Waals surface area contributed by atoms with E-state index < -0.39 is 0 Å². The summed E-state index contributed by atoms with van der Waals surface area (Å²) in [5, 5.41) is 3.37. The molecule has 0 saturated carbocycles. The Morgan fingerprint density at radius 3 is 2.82 bits per heavy atom. The van der Waals surface area contributed by atoms with Gasteiger partial charge in [-0.2, -0.15) is 4.37 Å². The van der Waals surface area contributed by atoms with Crippen molar-refractivity contribution in [1.82, 2.24) is 9.36 Å². The molecule has 0 unspecified atom stereocenters. The van der Waals surface area contributed by atoms with Crippen LogP contribution in [0.25, 0.3) is 0 Å². The zero-order chi connectivity index (χ0) is 11.9. The molecule has 0 atom stereocenters. The third-order valence-corrected chi connectivity index (χ3v) is 4.07. The topological polar surface area (TPSA) is 37.8 Å². The molecule has 0 aliphatic carbocycles. The standard InChI is InChI=1S/C12H15N3S2/c1-2-11-14-12(17-15-11)16-9-8-13-10-6-4-3-5-7-10/h3-7,13H,2,8-9H2,1H3. The second kappa shape index (κ2) is 6.61. The van der Waals surface area contributed by atoms with Gasteiger partial charge in [-0.05, 0) is 23.7 Å². The monoisotopic (exact) mass is 265 g/mol. The summed E-state index contributed by atoms with van der Waals surface area (Å²) in [5.41, 5.74) is 1.17. The van der Waals surface area contributed by atoms with Crippen molar-refractivity contribution in [3.05, 3.63) is 36.2 Å². The lowest BCUT2D eigenvalue weighted by atomic mass is 10.3. The van der Waals surface area contributed by atoms with E-state index in [4.69, 9.17) is 0 Å². The zero-order valence-corrected chi connectivity index (χ0v) is 11.4. The Balaban J connectivity index is 1.69. The van der Waals surface area contributed by atoms with Gasteiger partial charge in [0, 0.05) is 24.4 Å². The highest BCUT2D eigenvalue weighted by atomic mass is 32.2. The van der Waals surface area contributed by atoms with Crippen LogP contribution in [0, 0.1) is 0 Å². The SMILES string of the molecule is CCc1nsc(SCCNc2ccccc2)n1. The third-order valence-electron chi connectivity index (χ3n) is 2.20. The number of hydrogen-bond donors (Lipinski definition) is 1. The van der Waals surface area contributed by atoms with Crippen LogP contribution in [0.2, 0.25) is 0 Å². The Morgan fingerprint density at radius 2 is 2.12 bits per heavy atom. The maximum Gasteiger partial charge on any atom is 0.170 e. The summed E-state index contributed by atoms with van der Waals surface area (Å²) in [4.78, 5) is 4.42. The van der Waals surface area contributed by atoms with E-state index in [9.17, 15) is 0 Å². The lowest BCUT2D eigenvalue weighted by molar-refractivity contribution is 0.971. The minimum Gasteiger partial charge on any atom is -0.384 e. The van der Waals surface area contributed by atoms with Crippen molar-refractivity contribution in [2.24, 2.45) is 0 Å². The van der Waals surface area contributed by atoms with Crippen molar-refractivity contribution < 1.29 is 0 Å². The highest BCUT2D eigenvalue weighted by Gasteiger charge is 2.02. The predicted octanol–water partition coefficient (Wildman–Crippen LogP) is 3.30. The van der Waals surface area contributed by atoms with Gasteiger partial charge in [-0.1, -0.05) is 36.9 Å². The number of thioether (sulfide) groups is 1. The van der Waals surface area contributed by atoms with E-state index in [1.165, 1.54) is 17.2 Å². The van der Waals surface area contributed by atoms with Crippen LogP contribution in [-0.2, 0) is 6.42 Å². The molecule has 0 saturated heterocycles. The lowest BCUT2D eigenvalue weighted by Crippen LogP contribution is -2.03. The third kappa shape index (κ3) is 4.02. The number of nitrogens with zero attached hydrogens (tertiary/aromatic N) is 2. The van der Waals surface area contributed by atoms with Gasteiger partial charge < -0.3 is 5.32 Å². The number of nitrogens with one attached hydrogen (secondary N) is 1. The van der Waals surface area contributed by atoms with Gasteiger partial charge in [0.05, 0.1) is 0 Å². The summed E-state index contributed by atoms with van der Waals surface area (Å²) < 4.78 is 5.33. The number of para-hydroxylation sites is 1. The van der Waals surface area contributed by atoms with Crippen molar-refractivity contribution in [3.8, 4) is 0 Å². The zero-order valence-electron chi connectivity index (χ0n) is 9.72. The minimum absolute atomic E-state index is 0.916. The van der Waals surface area contributed by atoms with Gasteiger partial charge >= 0.3 is 0 Å². The molecule has 0 bridgehead atoms. The Hall–Kier alpha value is -1.07. The predicted molar refractivity (Wildman–Crippen MR) is 74.9 cm³/mol. The van der Waals surface area contributed by atoms with E-state index in [0.29, 0.717) is 0 Å². The van der Waals surface area contributed by atoms with Crippen molar-refractivity contribution in [3.63, 3.8) is 0 Å². The van der Waals surface area contributed by atoms with Crippen LogP contribution in [-0.4, -0.2) is 21.7 Å². The van der Waals surface area contributed by atoms with Gasteiger partial charge in [-0.15, -0.1) is 0 Å². The van der Waals surface area contributed by atoms with Crippen LogP contribution >= 0.6 is 23.3 Å². The van der Waals surface area contributed by atoms with E-state index in [2.05, 4.69) is 33.7 Å². The van der Waals surface area contributed by atoms with Crippen LogP contribution in [0.1, 0.15) is 12.7 Å². The molecule has 2 rings (SSSR count). The summed E-state index contributed by atoms with van der Waals surface area (Å²) in [5.74, 6) is 1.96. The Kier molecular flexibility index (Phi) is 4.82. The number of aryl methyl sites for hydroxylation is 1. The first-order valence-corrected chi connectivity index (χ1v) is 7.38. The molecule has 0 amide bonds. The molecular weight excluding hydrogens is 250 g/mol. The van der Waals surface area contributed by atoms with Crippen LogP contribution < -0.4 is 5.32 Å². The Bertz CT molecular complexity index is 442. The molecule has 1 heterocycles. The molecule has 1 aromatic carbocycles. The van der Waals surface area contributed by atoms with Crippen molar-refractivity contribution >= 4 is 29.0 Å². The van der Waals surface area contributed by atoms with Gasteiger partial charge in [0.1, 0.15) is 5.82 Å². The van der Waals surface area contributed by atoms with E-state index in [-0.39, 0.29) is 0 Å². The minimum atomic E-state index is 0.916. The van der Waals surface area contributed by atoms with Gasteiger partial charge in [0.25, 0.3) is 0 Å². The Labute approximate surface area is 110 Å². The van der Waals surface area contributed by atoms with E-state index >= 15 is 0 Å². The van der Waals surface area contributed by atoms with Crippen LogP contribution in [0.4, 0.5) is 5.69 Å². The first kappa shape index (κ1) is 12.4. The molecule has 0 spiro atoms. The number of benzene rings is 1. The quantitative estimate of drug-likeness (QED) is 0.642. The first-order chi connectivity index (χ1) is 8.38. The maximum absolute atomic E-state index is 4.42. The highest BCUT2D eigenvalue weighted by Crippen LogP contribution is 2.20. The summed E-state index contributed by atoms with van der Waals surface area (Å²) in [6, 6.07) is 10.2. The average Bonchev–Trinajstić information content (AvgIpc) is 2.84. The fourth-order valence-electron chi connectivity index (χ4n) is 1.33. The summed E-state index contributed by atoms with van der Waals surface area (Å²) in [7, 11) is 0. The fraction of sp³-hybridized carbons (Fsp3) is 0.333. The van der Waals surface area contributed by atoms with E-state index in [1.54, 1.807) is 11.8 Å². The molecule has 0 aliphatic heterocycles. The van der Waals surface area contributed by atoms with Crippen LogP contribution in [0.15, 0.2) is 34.7 Å². The van der Waals surface area contributed by atoms with E-state index in [1.807, 2.05) is 18.2 Å². The Morgan fingerprint density at radius 1 is 1.29 bits per heavy atom. The number of hydrogen-bond acceptors (Lipinski definition) is 5. The largest absolute Gasteiger partial charge is 0.384 e. The smallest absolute Gasteiger partial charge is 0.170 e. The summed E-state index contributed by atoms with van der Waals surface area (Å²) >= 11 is 3.25. The molecule has 90 valence electrons. The molecule has 2 aromatic rings. The van der Waals surface area contributed by atoms with Gasteiger partial charge in [0.15, 0.2) is 4.34 Å². The van der Waals surface area contributed by atoms with Gasteiger partial charge in [-0.3, -0.25) is 0 Å².